The number of hydrogen-bond donors (Lipinski definition) is 0. The Labute approximate surface area is 101 Å². The SMILES string of the molecule is CCOC(OCC)C(C)([Si])c1ccccn1. The molecule has 1 atom stereocenters. The maximum atomic E-state index is 5.59. The Kier molecular flexibility index (Phi) is 5.11. The van der Waals surface area contributed by atoms with E-state index < -0.39 is 5.04 Å². The Balaban J connectivity index is 2.88. The van der Waals surface area contributed by atoms with Crippen molar-refractivity contribution in [1.29, 1.82) is 0 Å². The van der Waals surface area contributed by atoms with Gasteiger partial charge < -0.3 is 9.47 Å². The molecule has 3 radical (unpaired) electrons. The number of pyridine rings is 1. The molecular weight excluding hydrogens is 218 g/mol. The van der Waals surface area contributed by atoms with E-state index in [4.69, 9.17) is 9.47 Å². The molecule has 1 rings (SSSR count). The normalized spacial score (nSPS) is 15.1. The minimum absolute atomic E-state index is 0.339. The lowest BCUT2D eigenvalue weighted by molar-refractivity contribution is -0.157. The number of hydrogen-bond acceptors (Lipinski definition) is 3. The van der Waals surface area contributed by atoms with Gasteiger partial charge in [-0.3, -0.25) is 4.98 Å². The first-order valence-electron chi connectivity index (χ1n) is 5.52. The van der Waals surface area contributed by atoms with Gasteiger partial charge in [0.1, 0.15) is 0 Å². The maximum absolute atomic E-state index is 5.59. The van der Waals surface area contributed by atoms with E-state index in [1.165, 1.54) is 0 Å². The predicted octanol–water partition coefficient (Wildman–Crippen LogP) is 1.86. The zero-order valence-electron chi connectivity index (χ0n) is 10.1. The van der Waals surface area contributed by atoms with Crippen molar-refractivity contribution in [2.45, 2.75) is 32.1 Å². The second kappa shape index (κ2) is 6.13. The first-order chi connectivity index (χ1) is 7.62. The highest BCUT2D eigenvalue weighted by Gasteiger charge is 2.33. The molecular formula is C12H18NO2Si. The van der Waals surface area contributed by atoms with Crippen LogP contribution in [0.1, 0.15) is 26.5 Å². The van der Waals surface area contributed by atoms with Gasteiger partial charge in [-0.2, -0.15) is 0 Å². The molecule has 16 heavy (non-hydrogen) atoms. The van der Waals surface area contributed by atoms with E-state index in [2.05, 4.69) is 15.2 Å². The minimum Gasteiger partial charge on any atom is -0.352 e. The average molecular weight is 236 g/mol. The summed E-state index contributed by atoms with van der Waals surface area (Å²) in [6, 6.07) is 5.80. The second-order valence-electron chi connectivity index (χ2n) is 3.66. The number of rotatable bonds is 6. The standard InChI is InChI=1S/C12H18NO2Si/c1-4-14-11(15-5-2)12(3,16)10-8-6-7-9-13-10/h6-9,11H,4-5H2,1-3H3. The van der Waals surface area contributed by atoms with Gasteiger partial charge in [-0.05, 0) is 26.0 Å². The molecule has 0 bridgehead atoms. The van der Waals surface area contributed by atoms with Crippen molar-refractivity contribution in [2.75, 3.05) is 13.2 Å². The topological polar surface area (TPSA) is 31.4 Å². The second-order valence-corrected chi connectivity index (χ2v) is 4.70. The smallest absolute Gasteiger partial charge is 0.165 e. The molecule has 3 nitrogen and oxygen atoms in total. The van der Waals surface area contributed by atoms with Crippen LogP contribution in [-0.4, -0.2) is 34.7 Å². The monoisotopic (exact) mass is 236 g/mol. The number of ether oxygens (including phenoxy) is 2. The van der Waals surface area contributed by atoms with Crippen LogP contribution < -0.4 is 0 Å². The molecule has 0 saturated heterocycles. The van der Waals surface area contributed by atoms with E-state index in [9.17, 15) is 0 Å². The van der Waals surface area contributed by atoms with Crippen molar-refractivity contribution in [3.05, 3.63) is 30.1 Å². The Morgan fingerprint density at radius 3 is 2.38 bits per heavy atom. The lowest BCUT2D eigenvalue weighted by atomic mass is 10.1. The summed E-state index contributed by atoms with van der Waals surface area (Å²) in [6.07, 6.45) is 1.43. The molecule has 1 heterocycles. The number of nitrogens with zero attached hydrogens (tertiary/aromatic N) is 1. The highest BCUT2D eigenvalue weighted by Crippen LogP contribution is 2.25. The van der Waals surface area contributed by atoms with Crippen molar-refractivity contribution in [2.24, 2.45) is 0 Å². The number of aromatic nitrogens is 1. The highest BCUT2D eigenvalue weighted by molar-refractivity contribution is 6.15. The lowest BCUT2D eigenvalue weighted by Gasteiger charge is -2.32. The zero-order valence-corrected chi connectivity index (χ0v) is 11.1. The molecule has 87 valence electrons. The summed E-state index contributed by atoms with van der Waals surface area (Å²) in [5.74, 6) is 0. The summed E-state index contributed by atoms with van der Waals surface area (Å²) in [4.78, 5) is 4.33. The minimum atomic E-state index is -0.437. The molecule has 0 fully saturated rings. The van der Waals surface area contributed by atoms with E-state index in [0.717, 1.165) is 5.69 Å². The third kappa shape index (κ3) is 3.14. The van der Waals surface area contributed by atoms with Gasteiger partial charge in [0.25, 0.3) is 0 Å². The van der Waals surface area contributed by atoms with Crippen molar-refractivity contribution >= 4 is 10.2 Å². The molecule has 0 spiro atoms. The molecule has 4 heteroatoms. The van der Waals surface area contributed by atoms with Crippen LogP contribution in [0, 0.1) is 0 Å². The van der Waals surface area contributed by atoms with Gasteiger partial charge in [0, 0.05) is 40.4 Å². The third-order valence-corrected chi connectivity index (χ3v) is 2.80. The molecule has 0 amide bonds. The Morgan fingerprint density at radius 1 is 1.31 bits per heavy atom. The molecule has 0 N–H and O–H groups in total. The van der Waals surface area contributed by atoms with Gasteiger partial charge in [0.15, 0.2) is 6.29 Å². The third-order valence-electron chi connectivity index (χ3n) is 2.30. The van der Waals surface area contributed by atoms with Crippen LogP contribution in [0.4, 0.5) is 0 Å². The van der Waals surface area contributed by atoms with Crippen LogP contribution in [0.3, 0.4) is 0 Å². The zero-order chi connectivity index (χ0) is 12.0. The van der Waals surface area contributed by atoms with Crippen LogP contribution in [-0.2, 0) is 14.5 Å². The van der Waals surface area contributed by atoms with Gasteiger partial charge in [0.2, 0.25) is 0 Å². The first-order valence-corrected chi connectivity index (χ1v) is 6.02. The molecule has 0 saturated carbocycles. The van der Waals surface area contributed by atoms with Crippen LogP contribution >= 0.6 is 0 Å². The van der Waals surface area contributed by atoms with Crippen LogP contribution in [0.5, 0.6) is 0 Å². The lowest BCUT2D eigenvalue weighted by Crippen LogP contribution is -2.42. The van der Waals surface area contributed by atoms with Gasteiger partial charge in [-0.1, -0.05) is 13.0 Å². The summed E-state index contributed by atoms with van der Waals surface area (Å²) in [5, 5.41) is -0.437. The first kappa shape index (κ1) is 13.4. The van der Waals surface area contributed by atoms with Crippen LogP contribution in [0.25, 0.3) is 0 Å². The van der Waals surface area contributed by atoms with E-state index >= 15 is 0 Å². The van der Waals surface area contributed by atoms with Gasteiger partial charge in [-0.15, -0.1) is 0 Å². The van der Waals surface area contributed by atoms with Gasteiger partial charge >= 0.3 is 0 Å². The van der Waals surface area contributed by atoms with Crippen molar-refractivity contribution in [1.82, 2.24) is 4.98 Å². The summed E-state index contributed by atoms with van der Waals surface area (Å²) < 4.78 is 11.2. The fourth-order valence-corrected chi connectivity index (χ4v) is 1.79. The van der Waals surface area contributed by atoms with Crippen molar-refractivity contribution < 1.29 is 9.47 Å². The quantitative estimate of drug-likeness (QED) is 0.558. The van der Waals surface area contributed by atoms with E-state index in [1.54, 1.807) is 6.20 Å². The molecule has 1 aromatic heterocycles. The molecule has 0 aliphatic rings. The van der Waals surface area contributed by atoms with Crippen molar-refractivity contribution in [3.63, 3.8) is 0 Å². The highest BCUT2D eigenvalue weighted by atomic mass is 28.1. The van der Waals surface area contributed by atoms with Crippen molar-refractivity contribution in [3.8, 4) is 0 Å². The molecule has 0 aliphatic heterocycles. The van der Waals surface area contributed by atoms with E-state index in [-0.39, 0.29) is 6.29 Å². The maximum Gasteiger partial charge on any atom is 0.165 e. The van der Waals surface area contributed by atoms with E-state index in [1.807, 2.05) is 39.0 Å². The molecule has 0 aliphatic carbocycles. The molecule has 1 aromatic rings. The fraction of sp³-hybridized carbons (Fsp3) is 0.583. The summed E-state index contributed by atoms with van der Waals surface area (Å²) in [7, 11) is 3.70. The van der Waals surface area contributed by atoms with Crippen LogP contribution in [0.15, 0.2) is 24.4 Å². The Bertz CT molecular complexity index is 297. The van der Waals surface area contributed by atoms with Gasteiger partial charge in [-0.25, -0.2) is 0 Å². The predicted molar refractivity (Wildman–Crippen MR) is 64.4 cm³/mol. The largest absolute Gasteiger partial charge is 0.352 e. The van der Waals surface area contributed by atoms with Crippen LogP contribution in [0.2, 0.25) is 0 Å². The Morgan fingerprint density at radius 2 is 1.94 bits per heavy atom. The average Bonchev–Trinajstić information content (AvgIpc) is 2.30. The summed E-state index contributed by atoms with van der Waals surface area (Å²) in [5.41, 5.74) is 0.901. The molecule has 1 unspecified atom stereocenters. The summed E-state index contributed by atoms with van der Waals surface area (Å²) in [6.45, 7) is 7.12. The van der Waals surface area contributed by atoms with Gasteiger partial charge in [0.05, 0.1) is 0 Å². The fourth-order valence-electron chi connectivity index (χ4n) is 1.47. The molecule has 0 aromatic carbocycles. The van der Waals surface area contributed by atoms with E-state index in [0.29, 0.717) is 13.2 Å². The Hall–Kier alpha value is -0.713. The summed E-state index contributed by atoms with van der Waals surface area (Å²) >= 11 is 0.